The molecule has 2 aromatic rings. The van der Waals surface area contributed by atoms with Crippen LogP contribution in [0.2, 0.25) is 0 Å². The van der Waals surface area contributed by atoms with Crippen molar-refractivity contribution in [2.24, 2.45) is 0 Å². The van der Waals surface area contributed by atoms with Gasteiger partial charge in [0.15, 0.2) is 0 Å². The lowest BCUT2D eigenvalue weighted by atomic mass is 10.2. The Balaban J connectivity index is 1.90. The van der Waals surface area contributed by atoms with Crippen LogP contribution in [0.25, 0.3) is 0 Å². The van der Waals surface area contributed by atoms with E-state index >= 15 is 0 Å². The molecule has 1 atom stereocenters. The summed E-state index contributed by atoms with van der Waals surface area (Å²) in [5, 5.41) is 2.38. The van der Waals surface area contributed by atoms with Crippen LogP contribution in [0.15, 0.2) is 47.6 Å². The Morgan fingerprint density at radius 3 is 2.48 bits per heavy atom. The summed E-state index contributed by atoms with van der Waals surface area (Å²) in [5.41, 5.74) is 0.0584. The van der Waals surface area contributed by atoms with E-state index < -0.39 is 27.9 Å². The van der Waals surface area contributed by atoms with Crippen molar-refractivity contribution in [1.82, 2.24) is 14.3 Å². The van der Waals surface area contributed by atoms with Gasteiger partial charge >= 0.3 is 0 Å². The summed E-state index contributed by atoms with van der Waals surface area (Å²) in [6, 6.07) is 6.19. The Bertz CT molecular complexity index is 883. The Morgan fingerprint density at radius 1 is 1.17 bits per heavy atom. The maximum atomic E-state index is 12.5. The number of carbonyl (C=O) groups excluding carboxylic acids is 2. The summed E-state index contributed by atoms with van der Waals surface area (Å²) < 4.78 is 25.6. The number of hydrogen-bond acceptors (Lipinski definition) is 6. The molecule has 3 rings (SSSR count). The molecule has 1 N–H and O–H groups in total. The van der Waals surface area contributed by atoms with Gasteiger partial charge in [0.25, 0.3) is 15.9 Å². The van der Waals surface area contributed by atoms with Gasteiger partial charge in [-0.2, -0.15) is 0 Å². The van der Waals surface area contributed by atoms with Gasteiger partial charge in [-0.15, -0.1) is 0 Å². The van der Waals surface area contributed by atoms with Crippen LogP contribution in [-0.2, 0) is 14.8 Å². The number of hydrogen-bond donors (Lipinski definition) is 1. The van der Waals surface area contributed by atoms with Gasteiger partial charge in [-0.05, 0) is 25.1 Å². The number of rotatable bonds is 3. The minimum Gasteiger partial charge on any atom is -0.293 e. The zero-order valence-corrected chi connectivity index (χ0v) is 12.8. The average molecular weight is 332 g/mol. The lowest BCUT2D eigenvalue weighted by molar-refractivity contribution is -0.118. The molecule has 1 aromatic carbocycles. The second kappa shape index (κ2) is 5.43. The number of nitrogens with zero attached hydrogens (tertiary/aromatic N) is 3. The fourth-order valence-corrected chi connectivity index (χ4v) is 4.00. The molecule has 2 amide bonds. The molecular formula is C14H12N4O4S. The molecule has 2 heterocycles. The van der Waals surface area contributed by atoms with Crippen LogP contribution < -0.4 is 5.32 Å². The van der Waals surface area contributed by atoms with E-state index in [0.717, 1.165) is 0 Å². The zero-order valence-electron chi connectivity index (χ0n) is 12.0. The van der Waals surface area contributed by atoms with E-state index in [1.165, 1.54) is 37.5 Å². The van der Waals surface area contributed by atoms with Crippen molar-refractivity contribution in [3.63, 3.8) is 0 Å². The van der Waals surface area contributed by atoms with Crippen LogP contribution >= 0.6 is 0 Å². The topological polar surface area (TPSA) is 109 Å². The van der Waals surface area contributed by atoms with Gasteiger partial charge in [-0.1, -0.05) is 12.1 Å². The average Bonchev–Trinajstić information content (AvgIpc) is 2.75. The normalized spacial score (nSPS) is 16.7. The molecule has 0 saturated heterocycles. The first-order valence-corrected chi connectivity index (χ1v) is 8.12. The van der Waals surface area contributed by atoms with Crippen molar-refractivity contribution >= 4 is 27.8 Å². The van der Waals surface area contributed by atoms with Crippen molar-refractivity contribution < 1.29 is 18.0 Å². The molecule has 0 radical (unpaired) electrons. The molecule has 0 bridgehead atoms. The van der Waals surface area contributed by atoms with E-state index in [2.05, 4.69) is 15.3 Å². The standard InChI is InChI=1S/C14H12N4O4S/c1-9(12(19)17-14-15-7-4-8-16-14)18-13(20)10-5-2-3-6-11(10)23(18,21)22/h2-9H,1H3,(H,15,16,17,19)/t9-/m0/s1. The summed E-state index contributed by atoms with van der Waals surface area (Å²) in [4.78, 5) is 32.1. The lowest BCUT2D eigenvalue weighted by Crippen LogP contribution is -2.45. The quantitative estimate of drug-likeness (QED) is 0.884. The van der Waals surface area contributed by atoms with Crippen LogP contribution in [0.1, 0.15) is 17.3 Å². The number of benzene rings is 1. The van der Waals surface area contributed by atoms with Gasteiger partial charge in [0.2, 0.25) is 11.9 Å². The highest BCUT2D eigenvalue weighted by atomic mass is 32.2. The summed E-state index contributed by atoms with van der Waals surface area (Å²) in [5.74, 6) is -1.39. The van der Waals surface area contributed by atoms with Gasteiger partial charge in [0.05, 0.1) is 5.56 Å². The molecule has 0 aliphatic carbocycles. The SMILES string of the molecule is C[C@@H](C(=O)Nc1ncccn1)N1C(=O)c2ccccc2S1(=O)=O. The molecule has 8 nitrogen and oxygen atoms in total. The molecule has 9 heteroatoms. The highest BCUT2D eigenvalue weighted by Gasteiger charge is 2.45. The lowest BCUT2D eigenvalue weighted by Gasteiger charge is -2.21. The summed E-state index contributed by atoms with van der Waals surface area (Å²) in [7, 11) is -4.05. The van der Waals surface area contributed by atoms with Crippen molar-refractivity contribution in [1.29, 1.82) is 0 Å². The predicted octanol–water partition coefficient (Wildman–Crippen LogP) is 0.648. The highest BCUT2D eigenvalue weighted by molar-refractivity contribution is 7.90. The van der Waals surface area contributed by atoms with Gasteiger partial charge < -0.3 is 0 Å². The van der Waals surface area contributed by atoms with Gasteiger partial charge in [0.1, 0.15) is 10.9 Å². The predicted molar refractivity (Wildman–Crippen MR) is 79.9 cm³/mol. The van der Waals surface area contributed by atoms with Crippen LogP contribution in [-0.4, -0.2) is 40.5 Å². The maximum absolute atomic E-state index is 12.5. The molecule has 23 heavy (non-hydrogen) atoms. The molecule has 1 aromatic heterocycles. The van der Waals surface area contributed by atoms with E-state index in [0.29, 0.717) is 4.31 Å². The number of anilines is 1. The molecule has 0 saturated carbocycles. The number of carbonyl (C=O) groups is 2. The Hall–Kier alpha value is -2.81. The molecule has 0 unspecified atom stereocenters. The van der Waals surface area contributed by atoms with Gasteiger partial charge in [-0.25, -0.2) is 22.7 Å². The highest BCUT2D eigenvalue weighted by Crippen LogP contribution is 2.31. The van der Waals surface area contributed by atoms with Crippen LogP contribution in [0.3, 0.4) is 0 Å². The second-order valence-corrected chi connectivity index (χ2v) is 6.62. The number of nitrogens with one attached hydrogen (secondary N) is 1. The van der Waals surface area contributed by atoms with Crippen molar-refractivity contribution in [2.75, 3.05) is 5.32 Å². The summed E-state index contributed by atoms with van der Waals surface area (Å²) >= 11 is 0. The van der Waals surface area contributed by atoms with Crippen molar-refractivity contribution in [2.45, 2.75) is 17.9 Å². The first-order valence-electron chi connectivity index (χ1n) is 6.68. The van der Waals surface area contributed by atoms with E-state index in [1.54, 1.807) is 12.1 Å². The summed E-state index contributed by atoms with van der Waals surface area (Å²) in [6.45, 7) is 1.33. The monoisotopic (exact) mass is 332 g/mol. The first kappa shape index (κ1) is 15.1. The van der Waals surface area contributed by atoms with Gasteiger partial charge in [-0.3, -0.25) is 14.9 Å². The van der Waals surface area contributed by atoms with Crippen LogP contribution in [0, 0.1) is 0 Å². The third-order valence-electron chi connectivity index (χ3n) is 3.39. The molecule has 1 aliphatic heterocycles. The van der Waals surface area contributed by atoms with Crippen molar-refractivity contribution in [3.8, 4) is 0 Å². The van der Waals surface area contributed by atoms with Gasteiger partial charge in [0, 0.05) is 12.4 Å². The number of fused-ring (bicyclic) bond motifs is 1. The van der Waals surface area contributed by atoms with E-state index in [4.69, 9.17) is 0 Å². The third kappa shape index (κ3) is 2.44. The minimum absolute atomic E-state index is 0.0332. The maximum Gasteiger partial charge on any atom is 0.269 e. The summed E-state index contributed by atoms with van der Waals surface area (Å²) in [6.07, 6.45) is 2.86. The largest absolute Gasteiger partial charge is 0.293 e. The first-order chi connectivity index (χ1) is 10.9. The Kier molecular flexibility index (Phi) is 3.57. The van der Waals surface area contributed by atoms with E-state index in [9.17, 15) is 18.0 Å². The molecule has 0 fully saturated rings. The van der Waals surface area contributed by atoms with Crippen LogP contribution in [0.5, 0.6) is 0 Å². The minimum atomic E-state index is -4.05. The number of amides is 2. The molecule has 118 valence electrons. The van der Waals surface area contributed by atoms with E-state index in [-0.39, 0.29) is 16.4 Å². The number of sulfonamides is 1. The number of aromatic nitrogens is 2. The smallest absolute Gasteiger partial charge is 0.269 e. The Morgan fingerprint density at radius 2 is 1.83 bits per heavy atom. The van der Waals surface area contributed by atoms with E-state index in [1.807, 2.05) is 0 Å². The third-order valence-corrected chi connectivity index (χ3v) is 5.30. The van der Waals surface area contributed by atoms with Crippen LogP contribution in [0.4, 0.5) is 5.95 Å². The van der Waals surface area contributed by atoms with Crippen molar-refractivity contribution in [3.05, 3.63) is 48.3 Å². The fourth-order valence-electron chi connectivity index (χ4n) is 2.27. The zero-order chi connectivity index (χ0) is 16.6. The Labute approximate surface area is 132 Å². The molecule has 1 aliphatic rings. The molecule has 0 spiro atoms. The second-order valence-electron chi connectivity index (χ2n) is 4.84. The molecular weight excluding hydrogens is 320 g/mol. The fraction of sp³-hybridized carbons (Fsp3) is 0.143.